The molecule has 1 amide bonds. The van der Waals surface area contributed by atoms with Crippen molar-refractivity contribution in [1.29, 1.82) is 0 Å². The minimum atomic E-state index is -0.981. The van der Waals surface area contributed by atoms with Gasteiger partial charge in [0, 0.05) is 5.69 Å². The summed E-state index contributed by atoms with van der Waals surface area (Å²) in [6, 6.07) is 20.2. The van der Waals surface area contributed by atoms with Gasteiger partial charge in [-0.3, -0.25) is 10.2 Å². The Morgan fingerprint density at radius 3 is 2.39 bits per heavy atom. The number of rotatable bonds is 6. The van der Waals surface area contributed by atoms with Crippen LogP contribution in [-0.2, 0) is 0 Å². The van der Waals surface area contributed by atoms with E-state index in [-0.39, 0.29) is 11.5 Å². The van der Waals surface area contributed by atoms with Crippen molar-refractivity contribution in [3.05, 3.63) is 94.5 Å². The predicted octanol–water partition coefficient (Wildman–Crippen LogP) is 4.74. The summed E-state index contributed by atoms with van der Waals surface area (Å²) in [4.78, 5) is 23.2. The number of benzene rings is 3. The third-order valence-corrected chi connectivity index (χ3v) is 4.13. The quantitative estimate of drug-likeness (QED) is 0.417. The van der Waals surface area contributed by atoms with Gasteiger partial charge in [0.25, 0.3) is 5.91 Å². The highest BCUT2D eigenvalue weighted by Gasteiger charge is 2.09. The molecule has 0 atom stereocenters. The Morgan fingerprint density at radius 2 is 1.68 bits per heavy atom. The van der Waals surface area contributed by atoms with Gasteiger partial charge in [-0.15, -0.1) is 0 Å². The fourth-order valence-corrected chi connectivity index (χ4v) is 2.63. The minimum Gasteiger partial charge on any atom is -0.478 e. The Labute approximate surface area is 166 Å². The first kappa shape index (κ1) is 19.1. The Hall–Kier alpha value is -3.64. The van der Waals surface area contributed by atoms with E-state index in [0.29, 0.717) is 22.0 Å². The van der Waals surface area contributed by atoms with Crippen LogP contribution in [0.25, 0.3) is 0 Å². The molecule has 3 aromatic rings. The number of halogens is 1. The monoisotopic (exact) mass is 393 g/mol. The number of carbonyl (C=O) groups excluding carboxylic acids is 1. The third kappa shape index (κ3) is 4.96. The van der Waals surface area contributed by atoms with Crippen LogP contribution in [0.5, 0.6) is 0 Å². The lowest BCUT2D eigenvalue weighted by Gasteiger charge is -2.07. The SMILES string of the molecule is O=C(O)c1ccc(N/N=C\c2cccc(NC(=O)c3ccccc3Cl)c2)cc1. The van der Waals surface area contributed by atoms with Gasteiger partial charge in [-0.1, -0.05) is 35.9 Å². The van der Waals surface area contributed by atoms with Crippen LogP contribution < -0.4 is 10.7 Å². The van der Waals surface area contributed by atoms with E-state index in [1.54, 1.807) is 60.8 Å². The Kier molecular flexibility index (Phi) is 6.04. The predicted molar refractivity (Wildman–Crippen MR) is 110 cm³/mol. The second kappa shape index (κ2) is 8.83. The zero-order chi connectivity index (χ0) is 19.9. The number of hydrogen-bond donors (Lipinski definition) is 3. The van der Waals surface area contributed by atoms with Gasteiger partial charge in [0.15, 0.2) is 0 Å². The van der Waals surface area contributed by atoms with Crippen molar-refractivity contribution in [2.45, 2.75) is 0 Å². The molecule has 0 aliphatic heterocycles. The molecule has 0 unspecified atom stereocenters. The zero-order valence-corrected chi connectivity index (χ0v) is 15.4. The maximum atomic E-state index is 12.3. The number of aromatic carboxylic acids is 1. The van der Waals surface area contributed by atoms with Crippen LogP contribution in [0.15, 0.2) is 77.9 Å². The second-order valence-electron chi connectivity index (χ2n) is 5.81. The highest BCUT2D eigenvalue weighted by molar-refractivity contribution is 6.34. The van der Waals surface area contributed by atoms with Crippen LogP contribution in [-0.4, -0.2) is 23.2 Å². The van der Waals surface area contributed by atoms with E-state index in [1.807, 2.05) is 6.07 Å². The lowest BCUT2D eigenvalue weighted by atomic mass is 10.2. The average molecular weight is 394 g/mol. The number of hydrazone groups is 1. The van der Waals surface area contributed by atoms with E-state index in [0.717, 1.165) is 5.56 Å². The summed E-state index contributed by atoms with van der Waals surface area (Å²) < 4.78 is 0. The molecule has 3 rings (SSSR count). The van der Waals surface area contributed by atoms with Crippen molar-refractivity contribution < 1.29 is 14.7 Å². The Morgan fingerprint density at radius 1 is 0.929 bits per heavy atom. The van der Waals surface area contributed by atoms with E-state index in [2.05, 4.69) is 15.8 Å². The number of anilines is 2. The van der Waals surface area contributed by atoms with Gasteiger partial charge in [-0.2, -0.15) is 5.10 Å². The van der Waals surface area contributed by atoms with Crippen LogP contribution >= 0.6 is 11.6 Å². The molecule has 0 saturated heterocycles. The fourth-order valence-electron chi connectivity index (χ4n) is 2.41. The van der Waals surface area contributed by atoms with Gasteiger partial charge in [0.05, 0.1) is 28.1 Å². The topological polar surface area (TPSA) is 90.8 Å². The summed E-state index contributed by atoms with van der Waals surface area (Å²) in [5.41, 5.74) is 5.47. The molecule has 0 heterocycles. The largest absolute Gasteiger partial charge is 0.478 e. The molecule has 0 fully saturated rings. The number of amides is 1. The smallest absolute Gasteiger partial charge is 0.335 e. The van der Waals surface area contributed by atoms with Crippen molar-refractivity contribution in [3.63, 3.8) is 0 Å². The molecule has 0 aliphatic carbocycles. The van der Waals surface area contributed by atoms with E-state index in [1.165, 1.54) is 12.1 Å². The van der Waals surface area contributed by atoms with Crippen LogP contribution in [0.1, 0.15) is 26.3 Å². The number of nitrogens with one attached hydrogen (secondary N) is 2. The summed E-state index contributed by atoms with van der Waals surface area (Å²) in [6.07, 6.45) is 1.59. The number of carbonyl (C=O) groups is 2. The van der Waals surface area contributed by atoms with Crippen molar-refractivity contribution in [2.24, 2.45) is 5.10 Å². The van der Waals surface area contributed by atoms with Crippen LogP contribution in [0.3, 0.4) is 0 Å². The van der Waals surface area contributed by atoms with Crippen molar-refractivity contribution in [3.8, 4) is 0 Å². The summed E-state index contributed by atoms with van der Waals surface area (Å²) in [7, 11) is 0. The van der Waals surface area contributed by atoms with Gasteiger partial charge in [0.1, 0.15) is 0 Å². The highest BCUT2D eigenvalue weighted by atomic mass is 35.5. The maximum absolute atomic E-state index is 12.3. The van der Waals surface area contributed by atoms with E-state index in [4.69, 9.17) is 16.7 Å². The molecular weight excluding hydrogens is 378 g/mol. The molecule has 0 bridgehead atoms. The number of carboxylic acid groups (broad SMARTS) is 1. The zero-order valence-electron chi connectivity index (χ0n) is 14.6. The maximum Gasteiger partial charge on any atom is 0.335 e. The first-order valence-corrected chi connectivity index (χ1v) is 8.69. The molecule has 0 saturated carbocycles. The first-order chi connectivity index (χ1) is 13.5. The Bertz CT molecular complexity index is 1030. The summed E-state index contributed by atoms with van der Waals surface area (Å²) in [6.45, 7) is 0. The molecule has 140 valence electrons. The molecule has 0 aliphatic rings. The molecular formula is C21H16ClN3O3. The average Bonchev–Trinajstić information content (AvgIpc) is 2.69. The minimum absolute atomic E-state index is 0.205. The number of carboxylic acids is 1. The normalized spacial score (nSPS) is 10.6. The molecule has 0 aromatic heterocycles. The second-order valence-corrected chi connectivity index (χ2v) is 6.22. The van der Waals surface area contributed by atoms with E-state index in [9.17, 15) is 9.59 Å². The van der Waals surface area contributed by atoms with Crippen molar-refractivity contribution in [2.75, 3.05) is 10.7 Å². The molecule has 3 aromatic carbocycles. The standard InChI is InChI=1S/C21H16ClN3O3/c22-19-7-2-1-6-18(19)20(26)24-17-5-3-4-14(12-17)13-23-25-16-10-8-15(9-11-16)21(27)28/h1-13,25H,(H,24,26)(H,27,28)/b23-13-. The Balaban J connectivity index is 1.64. The van der Waals surface area contributed by atoms with Crippen molar-refractivity contribution >= 4 is 41.1 Å². The molecule has 3 N–H and O–H groups in total. The van der Waals surface area contributed by atoms with Crippen molar-refractivity contribution in [1.82, 2.24) is 0 Å². The molecule has 6 nitrogen and oxygen atoms in total. The first-order valence-electron chi connectivity index (χ1n) is 8.31. The van der Waals surface area contributed by atoms with Crippen LogP contribution in [0, 0.1) is 0 Å². The number of hydrogen-bond acceptors (Lipinski definition) is 4. The van der Waals surface area contributed by atoms with Gasteiger partial charge in [-0.05, 0) is 54.1 Å². The third-order valence-electron chi connectivity index (χ3n) is 3.80. The molecule has 7 heteroatoms. The van der Waals surface area contributed by atoms with Crippen LogP contribution in [0.4, 0.5) is 11.4 Å². The molecule has 0 radical (unpaired) electrons. The van der Waals surface area contributed by atoms with Gasteiger partial charge < -0.3 is 10.4 Å². The lowest BCUT2D eigenvalue weighted by Crippen LogP contribution is -2.12. The van der Waals surface area contributed by atoms with Crippen LogP contribution in [0.2, 0.25) is 5.02 Å². The van der Waals surface area contributed by atoms with Gasteiger partial charge in [0.2, 0.25) is 0 Å². The lowest BCUT2D eigenvalue weighted by molar-refractivity contribution is 0.0696. The molecule has 0 spiro atoms. The highest BCUT2D eigenvalue weighted by Crippen LogP contribution is 2.17. The summed E-state index contributed by atoms with van der Waals surface area (Å²) in [5, 5.41) is 16.2. The summed E-state index contributed by atoms with van der Waals surface area (Å²) in [5.74, 6) is -1.28. The van der Waals surface area contributed by atoms with E-state index < -0.39 is 5.97 Å². The van der Waals surface area contributed by atoms with E-state index >= 15 is 0 Å². The van der Waals surface area contributed by atoms with Gasteiger partial charge >= 0.3 is 5.97 Å². The fraction of sp³-hybridized carbons (Fsp3) is 0. The molecule has 28 heavy (non-hydrogen) atoms. The summed E-state index contributed by atoms with van der Waals surface area (Å²) >= 11 is 6.05. The number of nitrogens with zero attached hydrogens (tertiary/aromatic N) is 1. The van der Waals surface area contributed by atoms with Gasteiger partial charge in [-0.25, -0.2) is 4.79 Å².